The van der Waals surface area contributed by atoms with Crippen molar-refractivity contribution in [2.45, 2.75) is 20.4 Å². The standard InChI is InChI=1S/C24H26ClN7O/c1-5-32-22-17(14-29-24(30-22)28-10-11-31(3)4)12-19(23(32)33)18-7-6-16(13-20(18)25)21-15(2)26-8-9-27-21/h6-9,12-14H,5,10-11H2,1-4H3,(H,28,29,30). The maximum Gasteiger partial charge on any atom is 0.260 e. The van der Waals surface area contributed by atoms with Crippen LogP contribution in [-0.4, -0.2) is 56.6 Å². The van der Waals surface area contributed by atoms with E-state index in [1.807, 2.05) is 52.2 Å². The summed E-state index contributed by atoms with van der Waals surface area (Å²) < 4.78 is 1.65. The van der Waals surface area contributed by atoms with E-state index in [1.54, 1.807) is 23.2 Å². The Bertz CT molecular complexity index is 1370. The maximum absolute atomic E-state index is 13.4. The molecule has 1 aromatic carbocycles. The normalized spacial score (nSPS) is 11.3. The highest BCUT2D eigenvalue weighted by Gasteiger charge is 2.16. The number of anilines is 1. The first kappa shape index (κ1) is 22.8. The van der Waals surface area contributed by atoms with E-state index in [1.165, 1.54) is 0 Å². The molecular formula is C24H26ClN7O. The topological polar surface area (TPSA) is 88.8 Å². The van der Waals surface area contributed by atoms with Gasteiger partial charge in [-0.05, 0) is 40.1 Å². The van der Waals surface area contributed by atoms with Crippen LogP contribution in [0.3, 0.4) is 0 Å². The van der Waals surface area contributed by atoms with E-state index in [4.69, 9.17) is 11.6 Å². The Labute approximate surface area is 197 Å². The molecule has 0 fully saturated rings. The van der Waals surface area contributed by atoms with E-state index in [0.717, 1.165) is 28.9 Å². The molecule has 170 valence electrons. The highest BCUT2D eigenvalue weighted by Crippen LogP contribution is 2.32. The predicted octanol–water partition coefficient (Wildman–Crippen LogP) is 3.87. The summed E-state index contributed by atoms with van der Waals surface area (Å²) in [4.78, 5) is 33.2. The number of likely N-dealkylation sites (N-methyl/N-ethyl adjacent to an activating group) is 1. The van der Waals surface area contributed by atoms with Crippen molar-refractivity contribution in [3.05, 3.63) is 63.9 Å². The zero-order valence-corrected chi connectivity index (χ0v) is 19.9. The lowest BCUT2D eigenvalue weighted by atomic mass is 10.0. The largest absolute Gasteiger partial charge is 0.353 e. The number of pyridine rings is 1. The number of hydrogen-bond acceptors (Lipinski definition) is 7. The van der Waals surface area contributed by atoms with Gasteiger partial charge < -0.3 is 10.2 Å². The van der Waals surface area contributed by atoms with Gasteiger partial charge in [-0.25, -0.2) is 4.98 Å². The second-order valence-electron chi connectivity index (χ2n) is 8.00. The minimum atomic E-state index is -0.145. The van der Waals surface area contributed by atoms with Gasteiger partial charge in [0.15, 0.2) is 0 Å². The minimum absolute atomic E-state index is 0.145. The maximum atomic E-state index is 13.4. The third-order valence-electron chi connectivity index (χ3n) is 5.40. The van der Waals surface area contributed by atoms with Crippen molar-refractivity contribution in [1.29, 1.82) is 0 Å². The Morgan fingerprint density at radius 3 is 2.58 bits per heavy atom. The molecule has 0 saturated heterocycles. The molecule has 0 atom stereocenters. The van der Waals surface area contributed by atoms with E-state index in [0.29, 0.717) is 40.8 Å². The van der Waals surface area contributed by atoms with Gasteiger partial charge in [0.2, 0.25) is 5.95 Å². The van der Waals surface area contributed by atoms with Gasteiger partial charge in [-0.15, -0.1) is 0 Å². The number of benzene rings is 1. The molecule has 1 N–H and O–H groups in total. The summed E-state index contributed by atoms with van der Waals surface area (Å²) in [5, 5.41) is 4.45. The van der Waals surface area contributed by atoms with Crippen LogP contribution in [0.15, 0.2) is 47.7 Å². The lowest BCUT2D eigenvalue weighted by Crippen LogP contribution is -2.24. The SMILES string of the molecule is CCn1c(=O)c(-c2ccc(-c3nccnc3C)cc2Cl)cc2cnc(NCCN(C)C)nc21. The Morgan fingerprint density at radius 2 is 1.88 bits per heavy atom. The number of nitrogens with one attached hydrogen (secondary N) is 1. The molecule has 0 bridgehead atoms. The van der Waals surface area contributed by atoms with Crippen molar-refractivity contribution in [1.82, 2.24) is 29.4 Å². The van der Waals surface area contributed by atoms with E-state index in [9.17, 15) is 4.79 Å². The average Bonchev–Trinajstić information content (AvgIpc) is 2.79. The van der Waals surface area contributed by atoms with Gasteiger partial charge in [-0.1, -0.05) is 23.7 Å². The third kappa shape index (κ3) is 4.72. The van der Waals surface area contributed by atoms with Crippen LogP contribution in [0.5, 0.6) is 0 Å². The minimum Gasteiger partial charge on any atom is -0.353 e. The van der Waals surface area contributed by atoms with Crippen molar-refractivity contribution in [3.8, 4) is 22.4 Å². The smallest absolute Gasteiger partial charge is 0.260 e. The lowest BCUT2D eigenvalue weighted by Gasteiger charge is -2.14. The van der Waals surface area contributed by atoms with E-state index >= 15 is 0 Å². The molecule has 4 aromatic rings. The van der Waals surface area contributed by atoms with Gasteiger partial charge in [0.25, 0.3) is 5.56 Å². The number of aryl methyl sites for hydroxylation is 2. The zero-order chi connectivity index (χ0) is 23.5. The Kier molecular flexibility index (Phi) is 6.67. The monoisotopic (exact) mass is 463 g/mol. The molecule has 8 nitrogen and oxygen atoms in total. The number of aromatic nitrogens is 5. The summed E-state index contributed by atoms with van der Waals surface area (Å²) >= 11 is 6.65. The van der Waals surface area contributed by atoms with E-state index in [2.05, 4.69) is 30.2 Å². The van der Waals surface area contributed by atoms with E-state index < -0.39 is 0 Å². The van der Waals surface area contributed by atoms with Crippen molar-refractivity contribution >= 4 is 28.6 Å². The first-order chi connectivity index (χ1) is 15.9. The number of rotatable bonds is 7. The molecule has 3 heterocycles. The fourth-order valence-corrected chi connectivity index (χ4v) is 3.98. The van der Waals surface area contributed by atoms with Crippen LogP contribution in [0, 0.1) is 6.92 Å². The predicted molar refractivity (Wildman–Crippen MR) is 133 cm³/mol. The van der Waals surface area contributed by atoms with Gasteiger partial charge in [-0.3, -0.25) is 19.3 Å². The third-order valence-corrected chi connectivity index (χ3v) is 5.71. The molecule has 4 rings (SSSR count). The number of halogens is 1. The van der Waals surface area contributed by atoms with Gasteiger partial charge in [0.1, 0.15) is 5.65 Å². The lowest BCUT2D eigenvalue weighted by molar-refractivity contribution is 0.425. The fraction of sp³-hybridized carbons (Fsp3) is 0.292. The van der Waals surface area contributed by atoms with Crippen molar-refractivity contribution < 1.29 is 0 Å². The summed E-state index contributed by atoms with van der Waals surface area (Å²) in [6, 6.07) is 7.39. The second kappa shape index (κ2) is 9.64. The van der Waals surface area contributed by atoms with Crippen LogP contribution >= 0.6 is 11.6 Å². The zero-order valence-electron chi connectivity index (χ0n) is 19.1. The Hall–Kier alpha value is -3.36. The number of nitrogens with zero attached hydrogens (tertiary/aromatic N) is 6. The van der Waals surface area contributed by atoms with Crippen LogP contribution in [0.2, 0.25) is 5.02 Å². The molecule has 0 saturated carbocycles. The molecule has 9 heteroatoms. The van der Waals surface area contributed by atoms with Crippen LogP contribution < -0.4 is 10.9 Å². The van der Waals surface area contributed by atoms with E-state index in [-0.39, 0.29) is 5.56 Å². The molecular weight excluding hydrogens is 438 g/mol. The summed E-state index contributed by atoms with van der Waals surface area (Å²) in [7, 11) is 4.01. The van der Waals surface area contributed by atoms with Gasteiger partial charge in [-0.2, -0.15) is 4.98 Å². The highest BCUT2D eigenvalue weighted by atomic mass is 35.5. The number of hydrogen-bond donors (Lipinski definition) is 1. The average molecular weight is 464 g/mol. The molecule has 0 radical (unpaired) electrons. The van der Waals surface area contributed by atoms with Crippen molar-refractivity contribution in [2.24, 2.45) is 0 Å². The highest BCUT2D eigenvalue weighted by molar-refractivity contribution is 6.33. The summed E-state index contributed by atoms with van der Waals surface area (Å²) in [5.74, 6) is 0.500. The first-order valence-electron chi connectivity index (χ1n) is 10.8. The van der Waals surface area contributed by atoms with Crippen LogP contribution in [0.4, 0.5) is 5.95 Å². The summed E-state index contributed by atoms with van der Waals surface area (Å²) in [6.07, 6.45) is 5.04. The molecule has 0 amide bonds. The molecule has 0 aliphatic heterocycles. The quantitative estimate of drug-likeness (QED) is 0.445. The van der Waals surface area contributed by atoms with Crippen molar-refractivity contribution in [2.75, 3.05) is 32.5 Å². The molecule has 3 aromatic heterocycles. The molecule has 0 unspecified atom stereocenters. The Balaban J connectivity index is 1.76. The van der Waals surface area contributed by atoms with Gasteiger partial charge in [0.05, 0.1) is 11.4 Å². The molecule has 0 spiro atoms. The number of fused-ring (bicyclic) bond motifs is 1. The van der Waals surface area contributed by atoms with Gasteiger partial charge in [0, 0.05) is 65.3 Å². The fourth-order valence-electron chi connectivity index (χ4n) is 3.69. The first-order valence-corrected chi connectivity index (χ1v) is 11.1. The second-order valence-corrected chi connectivity index (χ2v) is 8.40. The van der Waals surface area contributed by atoms with Crippen LogP contribution in [0.1, 0.15) is 12.6 Å². The molecule has 0 aliphatic carbocycles. The van der Waals surface area contributed by atoms with Gasteiger partial charge >= 0.3 is 0 Å². The van der Waals surface area contributed by atoms with Crippen LogP contribution in [0.25, 0.3) is 33.4 Å². The van der Waals surface area contributed by atoms with Crippen molar-refractivity contribution in [3.63, 3.8) is 0 Å². The molecule has 0 aliphatic rings. The van der Waals surface area contributed by atoms with Crippen LogP contribution in [-0.2, 0) is 6.54 Å². The summed E-state index contributed by atoms with van der Waals surface area (Å²) in [5.41, 5.74) is 4.04. The Morgan fingerprint density at radius 1 is 1.09 bits per heavy atom. The molecule has 33 heavy (non-hydrogen) atoms. The summed E-state index contributed by atoms with van der Waals surface area (Å²) in [6.45, 7) is 5.86.